The molecule has 1 saturated carbocycles. The molecule has 5 nitrogen and oxygen atoms in total. The highest BCUT2D eigenvalue weighted by atomic mass is 16.5. The summed E-state index contributed by atoms with van der Waals surface area (Å²) in [4.78, 5) is 15.8. The number of ether oxygens (including phenoxy) is 1. The topological polar surface area (TPSA) is 63.2 Å². The van der Waals surface area contributed by atoms with Crippen LogP contribution in [-0.2, 0) is 11.2 Å². The number of nitrogens with one attached hydrogen (secondary N) is 2. The van der Waals surface area contributed by atoms with Gasteiger partial charge in [-0.25, -0.2) is 4.98 Å². The van der Waals surface area contributed by atoms with E-state index in [2.05, 4.69) is 15.6 Å². The Morgan fingerprint density at radius 1 is 1.17 bits per heavy atom. The Morgan fingerprint density at radius 2 is 2.00 bits per heavy atom. The minimum Gasteiger partial charge on any atom is -0.484 e. The Hall–Kier alpha value is -2.56. The van der Waals surface area contributed by atoms with Crippen molar-refractivity contribution in [2.24, 2.45) is 0 Å². The lowest BCUT2D eigenvalue weighted by atomic mass is 10.1. The van der Waals surface area contributed by atoms with E-state index in [9.17, 15) is 4.79 Å². The summed E-state index contributed by atoms with van der Waals surface area (Å²) in [6.45, 7) is 0.901. The van der Waals surface area contributed by atoms with Gasteiger partial charge in [-0.2, -0.15) is 0 Å². The number of hydrogen-bond acceptors (Lipinski definition) is 4. The van der Waals surface area contributed by atoms with E-state index >= 15 is 0 Å². The standard InChI is InChI=1S/C18H21N3O2/c22-18(21-15-6-7-15)13-23-16-8-4-14(5-9-16)10-12-20-17-3-1-2-11-19-17/h1-5,8-9,11,15H,6-7,10,12-13H2,(H,19,20)(H,21,22). The van der Waals surface area contributed by atoms with Crippen molar-refractivity contribution in [3.05, 3.63) is 54.2 Å². The van der Waals surface area contributed by atoms with Crippen LogP contribution < -0.4 is 15.4 Å². The summed E-state index contributed by atoms with van der Waals surface area (Å²) in [5, 5.41) is 6.18. The molecule has 1 fully saturated rings. The zero-order chi connectivity index (χ0) is 15.9. The van der Waals surface area contributed by atoms with E-state index in [0.29, 0.717) is 6.04 Å². The van der Waals surface area contributed by atoms with Crippen molar-refractivity contribution >= 4 is 11.7 Å². The Morgan fingerprint density at radius 3 is 2.70 bits per heavy atom. The fourth-order valence-corrected chi connectivity index (χ4v) is 2.20. The molecule has 2 aromatic rings. The molecular weight excluding hydrogens is 290 g/mol. The summed E-state index contributed by atoms with van der Waals surface area (Å²) in [6.07, 6.45) is 4.85. The largest absolute Gasteiger partial charge is 0.484 e. The van der Waals surface area contributed by atoms with Gasteiger partial charge in [-0.3, -0.25) is 4.79 Å². The monoisotopic (exact) mass is 311 g/mol. The molecule has 1 amide bonds. The molecule has 5 heteroatoms. The quantitative estimate of drug-likeness (QED) is 0.786. The molecule has 0 aliphatic heterocycles. The number of anilines is 1. The summed E-state index contributed by atoms with van der Waals surface area (Å²) < 4.78 is 5.49. The van der Waals surface area contributed by atoms with Gasteiger partial charge in [0, 0.05) is 18.8 Å². The molecule has 0 unspecified atom stereocenters. The minimum atomic E-state index is -0.0452. The maximum atomic E-state index is 11.6. The average molecular weight is 311 g/mol. The van der Waals surface area contributed by atoms with E-state index in [1.54, 1.807) is 6.20 Å². The number of carbonyl (C=O) groups excluding carboxylic acids is 1. The molecule has 1 aromatic carbocycles. The van der Waals surface area contributed by atoms with Crippen LogP contribution in [0.1, 0.15) is 18.4 Å². The van der Waals surface area contributed by atoms with Crippen LogP contribution in [-0.4, -0.2) is 30.1 Å². The first kappa shape index (κ1) is 15.3. The first-order valence-electron chi connectivity index (χ1n) is 7.95. The van der Waals surface area contributed by atoms with Gasteiger partial charge < -0.3 is 15.4 Å². The molecule has 120 valence electrons. The second-order valence-corrected chi connectivity index (χ2v) is 5.67. The number of benzene rings is 1. The zero-order valence-electron chi connectivity index (χ0n) is 13.0. The van der Waals surface area contributed by atoms with E-state index in [4.69, 9.17) is 4.74 Å². The minimum absolute atomic E-state index is 0.0452. The van der Waals surface area contributed by atoms with Gasteiger partial charge in [0.05, 0.1) is 0 Å². The lowest BCUT2D eigenvalue weighted by Crippen LogP contribution is -2.30. The van der Waals surface area contributed by atoms with E-state index < -0.39 is 0 Å². The second-order valence-electron chi connectivity index (χ2n) is 5.67. The van der Waals surface area contributed by atoms with Crippen LogP contribution in [0.4, 0.5) is 5.82 Å². The molecule has 0 radical (unpaired) electrons. The van der Waals surface area contributed by atoms with Crippen molar-refractivity contribution < 1.29 is 9.53 Å². The molecule has 23 heavy (non-hydrogen) atoms. The number of nitrogens with zero attached hydrogens (tertiary/aromatic N) is 1. The number of carbonyl (C=O) groups is 1. The van der Waals surface area contributed by atoms with Gasteiger partial charge in [0.2, 0.25) is 0 Å². The van der Waals surface area contributed by atoms with Crippen molar-refractivity contribution in [3.8, 4) is 5.75 Å². The highest BCUT2D eigenvalue weighted by molar-refractivity contribution is 5.78. The van der Waals surface area contributed by atoms with Crippen LogP contribution in [0.25, 0.3) is 0 Å². The lowest BCUT2D eigenvalue weighted by Gasteiger charge is -2.08. The van der Waals surface area contributed by atoms with Gasteiger partial charge in [0.25, 0.3) is 5.91 Å². The first-order chi connectivity index (χ1) is 11.3. The molecule has 0 saturated heterocycles. The molecule has 0 spiro atoms. The Bertz CT molecular complexity index is 624. The van der Waals surface area contributed by atoms with Gasteiger partial charge in [0.15, 0.2) is 6.61 Å². The molecule has 1 aliphatic rings. The number of amides is 1. The van der Waals surface area contributed by atoms with E-state index in [1.165, 1.54) is 5.56 Å². The third-order valence-corrected chi connectivity index (χ3v) is 3.62. The van der Waals surface area contributed by atoms with Crippen molar-refractivity contribution in [2.45, 2.75) is 25.3 Å². The summed E-state index contributed by atoms with van der Waals surface area (Å²) in [6, 6.07) is 14.0. The van der Waals surface area contributed by atoms with Gasteiger partial charge in [0.1, 0.15) is 11.6 Å². The fraction of sp³-hybridized carbons (Fsp3) is 0.333. The molecule has 3 rings (SSSR count). The predicted octanol–water partition coefficient (Wildman–Crippen LogP) is 2.39. The molecule has 1 heterocycles. The third-order valence-electron chi connectivity index (χ3n) is 3.62. The molecule has 1 aliphatic carbocycles. The van der Waals surface area contributed by atoms with Crippen LogP contribution in [0.15, 0.2) is 48.7 Å². The number of hydrogen-bond donors (Lipinski definition) is 2. The summed E-state index contributed by atoms with van der Waals surface area (Å²) in [5.74, 6) is 1.56. The highest BCUT2D eigenvalue weighted by Crippen LogP contribution is 2.18. The summed E-state index contributed by atoms with van der Waals surface area (Å²) >= 11 is 0. The van der Waals surface area contributed by atoms with Crippen molar-refractivity contribution in [3.63, 3.8) is 0 Å². The van der Waals surface area contributed by atoms with Crippen LogP contribution in [0, 0.1) is 0 Å². The molecular formula is C18H21N3O2. The maximum Gasteiger partial charge on any atom is 0.258 e. The first-order valence-corrected chi connectivity index (χ1v) is 7.95. The smallest absolute Gasteiger partial charge is 0.258 e. The lowest BCUT2D eigenvalue weighted by molar-refractivity contribution is -0.123. The zero-order valence-corrected chi connectivity index (χ0v) is 13.0. The second kappa shape index (κ2) is 7.63. The molecule has 0 bridgehead atoms. The molecule has 0 atom stereocenters. The summed E-state index contributed by atoms with van der Waals surface area (Å²) in [7, 11) is 0. The van der Waals surface area contributed by atoms with Crippen LogP contribution in [0.3, 0.4) is 0 Å². The summed E-state index contributed by atoms with van der Waals surface area (Å²) in [5.41, 5.74) is 1.21. The van der Waals surface area contributed by atoms with Crippen LogP contribution >= 0.6 is 0 Å². The molecule has 1 aromatic heterocycles. The van der Waals surface area contributed by atoms with Gasteiger partial charge in [-0.1, -0.05) is 18.2 Å². The SMILES string of the molecule is O=C(COc1ccc(CCNc2ccccn2)cc1)NC1CC1. The van der Waals surface area contributed by atoms with Crippen molar-refractivity contribution in [1.29, 1.82) is 0 Å². The van der Waals surface area contributed by atoms with Crippen LogP contribution in [0.5, 0.6) is 5.75 Å². The Labute approximate surface area is 136 Å². The normalized spacial score (nSPS) is 13.4. The van der Waals surface area contributed by atoms with Crippen molar-refractivity contribution in [1.82, 2.24) is 10.3 Å². The number of rotatable bonds is 8. The fourth-order valence-electron chi connectivity index (χ4n) is 2.20. The average Bonchev–Trinajstić information content (AvgIpc) is 3.39. The third kappa shape index (κ3) is 5.29. The number of pyridine rings is 1. The van der Waals surface area contributed by atoms with Crippen LogP contribution in [0.2, 0.25) is 0 Å². The van der Waals surface area contributed by atoms with E-state index in [1.807, 2.05) is 42.5 Å². The highest BCUT2D eigenvalue weighted by Gasteiger charge is 2.23. The maximum absolute atomic E-state index is 11.6. The van der Waals surface area contributed by atoms with Gasteiger partial charge in [-0.05, 0) is 49.1 Å². The Balaban J connectivity index is 1.38. The van der Waals surface area contributed by atoms with Crippen molar-refractivity contribution in [2.75, 3.05) is 18.5 Å². The Kier molecular flexibility index (Phi) is 5.09. The van der Waals surface area contributed by atoms with E-state index in [-0.39, 0.29) is 12.5 Å². The van der Waals surface area contributed by atoms with Gasteiger partial charge in [-0.15, -0.1) is 0 Å². The number of aromatic nitrogens is 1. The van der Waals surface area contributed by atoms with E-state index in [0.717, 1.165) is 37.4 Å². The predicted molar refractivity (Wildman–Crippen MR) is 89.5 cm³/mol. The molecule has 2 N–H and O–H groups in total. The van der Waals surface area contributed by atoms with Gasteiger partial charge >= 0.3 is 0 Å².